The van der Waals surface area contributed by atoms with E-state index in [0.29, 0.717) is 17.9 Å². The van der Waals surface area contributed by atoms with Gasteiger partial charge in [-0.25, -0.2) is 9.59 Å². The van der Waals surface area contributed by atoms with Crippen molar-refractivity contribution in [2.24, 2.45) is 5.10 Å². The molecule has 0 amide bonds. The number of allylic oxidation sites excluding steroid dienone is 1. The van der Waals surface area contributed by atoms with E-state index in [1.165, 1.54) is 0 Å². The fraction of sp³-hybridized carbons (Fsp3) is 0.154. The number of halogens is 2. The summed E-state index contributed by atoms with van der Waals surface area (Å²) in [7, 11) is 0. The Morgan fingerprint density at radius 1 is 1.33 bits per heavy atom. The Balaban J connectivity index is 2.67. The fourth-order valence-electron chi connectivity index (χ4n) is 1.22. The molecule has 21 heavy (non-hydrogen) atoms. The van der Waals surface area contributed by atoms with Gasteiger partial charge in [-0.2, -0.15) is 5.10 Å². The Morgan fingerprint density at radius 3 is 2.48 bits per heavy atom. The molecule has 0 radical (unpaired) electrons. The van der Waals surface area contributed by atoms with E-state index in [0.717, 1.165) is 6.21 Å². The van der Waals surface area contributed by atoms with Crippen molar-refractivity contribution in [3.63, 3.8) is 0 Å². The number of carbonyl (C=O) groups is 2. The van der Waals surface area contributed by atoms with Gasteiger partial charge in [-0.1, -0.05) is 23.2 Å². The Labute approximate surface area is 131 Å². The Bertz CT molecular complexity index is 582. The smallest absolute Gasteiger partial charge is 0.348 e. The molecular weight excluding hydrogens is 319 g/mol. The molecule has 2 N–H and O–H groups in total. The maximum atomic E-state index is 11.4. The number of anilines is 1. The first-order valence-electron chi connectivity index (χ1n) is 5.80. The number of ether oxygens (including phenoxy) is 1. The third kappa shape index (κ3) is 5.45. The molecule has 0 saturated heterocycles. The minimum absolute atomic E-state index is 0.209. The maximum Gasteiger partial charge on any atom is 0.348 e. The monoisotopic (exact) mass is 330 g/mol. The third-order valence-electron chi connectivity index (χ3n) is 2.17. The van der Waals surface area contributed by atoms with E-state index in [2.05, 4.69) is 10.5 Å². The third-order valence-corrected chi connectivity index (χ3v) is 2.91. The summed E-state index contributed by atoms with van der Waals surface area (Å²) in [4.78, 5) is 22.0. The Morgan fingerprint density at radius 2 is 1.95 bits per heavy atom. The van der Waals surface area contributed by atoms with Gasteiger partial charge in [0.1, 0.15) is 5.03 Å². The summed E-state index contributed by atoms with van der Waals surface area (Å²) in [6.45, 7) is 2.03. The molecule has 1 aromatic rings. The van der Waals surface area contributed by atoms with Crippen LogP contribution in [-0.2, 0) is 9.53 Å². The molecule has 8 heteroatoms. The number of hydrazone groups is 1. The van der Waals surface area contributed by atoms with E-state index in [-0.39, 0.29) is 5.03 Å². The van der Waals surface area contributed by atoms with E-state index < -0.39 is 17.0 Å². The molecule has 0 aromatic heterocycles. The van der Waals surface area contributed by atoms with Crippen LogP contribution in [0.3, 0.4) is 0 Å². The van der Waals surface area contributed by atoms with E-state index in [1.54, 1.807) is 31.2 Å². The highest BCUT2D eigenvalue weighted by Gasteiger charge is 2.08. The standard InChI is InChI=1S/C13H12Cl2N2O4/c1-2-21-13(20)8-3-5-9(6-4-8)17-16-7-10(14)11(15)12(18)19/h3-7,17H,2H2,1H3,(H,18,19). The van der Waals surface area contributed by atoms with Gasteiger partial charge in [-0.05, 0) is 31.2 Å². The van der Waals surface area contributed by atoms with Crippen molar-refractivity contribution in [3.8, 4) is 0 Å². The van der Waals surface area contributed by atoms with Crippen LogP contribution < -0.4 is 5.43 Å². The molecule has 1 rings (SSSR count). The van der Waals surface area contributed by atoms with Crippen molar-refractivity contribution in [1.82, 2.24) is 0 Å². The molecule has 1 aromatic carbocycles. The Kier molecular flexibility index (Phi) is 6.71. The molecule has 0 atom stereocenters. The average molecular weight is 331 g/mol. The number of carboxylic acids is 1. The quantitative estimate of drug-likeness (QED) is 0.362. The molecule has 6 nitrogen and oxygen atoms in total. The molecule has 0 bridgehead atoms. The van der Waals surface area contributed by atoms with Crippen LogP contribution in [0, 0.1) is 0 Å². The van der Waals surface area contributed by atoms with Crippen LogP contribution in [0.5, 0.6) is 0 Å². The van der Waals surface area contributed by atoms with Gasteiger partial charge in [0.25, 0.3) is 0 Å². The van der Waals surface area contributed by atoms with Crippen molar-refractivity contribution in [3.05, 3.63) is 39.9 Å². The lowest BCUT2D eigenvalue weighted by molar-refractivity contribution is -0.131. The lowest BCUT2D eigenvalue weighted by Gasteiger charge is -2.03. The van der Waals surface area contributed by atoms with Gasteiger partial charge in [-0.3, -0.25) is 5.43 Å². The van der Waals surface area contributed by atoms with Gasteiger partial charge in [0.05, 0.1) is 29.1 Å². The largest absolute Gasteiger partial charge is 0.477 e. The second kappa shape index (κ2) is 8.28. The minimum atomic E-state index is -1.34. The van der Waals surface area contributed by atoms with Gasteiger partial charge >= 0.3 is 11.9 Å². The molecule has 0 saturated carbocycles. The molecule has 0 aliphatic rings. The van der Waals surface area contributed by atoms with Crippen molar-refractivity contribution >= 4 is 47.0 Å². The maximum absolute atomic E-state index is 11.4. The molecule has 0 spiro atoms. The fourth-order valence-corrected chi connectivity index (χ4v) is 1.40. The van der Waals surface area contributed by atoms with Gasteiger partial charge in [0.15, 0.2) is 0 Å². The zero-order valence-electron chi connectivity index (χ0n) is 11.0. The normalized spacial score (nSPS) is 12.0. The number of nitrogens with zero attached hydrogens (tertiary/aromatic N) is 1. The number of carboxylic acid groups (broad SMARTS) is 1. The van der Waals surface area contributed by atoms with E-state index in [1.807, 2.05) is 0 Å². The predicted molar refractivity (Wildman–Crippen MR) is 80.9 cm³/mol. The summed E-state index contributed by atoms with van der Waals surface area (Å²) < 4.78 is 4.85. The summed E-state index contributed by atoms with van der Waals surface area (Å²) in [6.07, 6.45) is 1.07. The van der Waals surface area contributed by atoms with E-state index in [9.17, 15) is 9.59 Å². The molecule has 112 valence electrons. The van der Waals surface area contributed by atoms with Gasteiger partial charge in [0, 0.05) is 0 Å². The number of hydrogen-bond acceptors (Lipinski definition) is 5. The summed E-state index contributed by atoms with van der Waals surface area (Å²) in [6, 6.07) is 6.36. The van der Waals surface area contributed by atoms with Crippen molar-refractivity contribution in [2.75, 3.05) is 12.0 Å². The molecule has 0 aliphatic heterocycles. The minimum Gasteiger partial charge on any atom is -0.477 e. The van der Waals surface area contributed by atoms with Crippen LogP contribution in [0.1, 0.15) is 17.3 Å². The van der Waals surface area contributed by atoms with E-state index in [4.69, 9.17) is 33.0 Å². The van der Waals surface area contributed by atoms with Crippen LogP contribution in [0.25, 0.3) is 0 Å². The summed E-state index contributed by atoms with van der Waals surface area (Å²) in [5.41, 5.74) is 3.61. The highest BCUT2D eigenvalue weighted by molar-refractivity contribution is 6.51. The molecule has 0 aliphatic carbocycles. The first kappa shape index (κ1) is 17.0. The number of esters is 1. The van der Waals surface area contributed by atoms with Crippen LogP contribution in [0.15, 0.2) is 39.4 Å². The van der Waals surface area contributed by atoms with Gasteiger partial charge < -0.3 is 9.84 Å². The van der Waals surface area contributed by atoms with E-state index >= 15 is 0 Å². The summed E-state index contributed by atoms with van der Waals surface area (Å²) in [5, 5.41) is 11.6. The second-order valence-electron chi connectivity index (χ2n) is 3.63. The Hall–Kier alpha value is -2.05. The summed E-state index contributed by atoms with van der Waals surface area (Å²) in [5.74, 6) is -1.75. The molecule has 0 heterocycles. The van der Waals surface area contributed by atoms with Crippen LogP contribution in [0.4, 0.5) is 5.69 Å². The average Bonchev–Trinajstić information content (AvgIpc) is 2.47. The van der Waals surface area contributed by atoms with Crippen LogP contribution >= 0.6 is 23.2 Å². The number of hydrogen-bond donors (Lipinski definition) is 2. The number of nitrogens with one attached hydrogen (secondary N) is 1. The number of benzene rings is 1. The van der Waals surface area contributed by atoms with Crippen molar-refractivity contribution in [2.45, 2.75) is 6.92 Å². The number of rotatable bonds is 6. The zero-order chi connectivity index (χ0) is 15.8. The van der Waals surface area contributed by atoms with Gasteiger partial charge in [-0.15, -0.1) is 0 Å². The highest BCUT2D eigenvalue weighted by Crippen LogP contribution is 2.13. The van der Waals surface area contributed by atoms with Crippen LogP contribution in [0.2, 0.25) is 0 Å². The van der Waals surface area contributed by atoms with Crippen LogP contribution in [-0.4, -0.2) is 29.9 Å². The molecule has 0 unspecified atom stereocenters. The van der Waals surface area contributed by atoms with Crippen molar-refractivity contribution < 1.29 is 19.4 Å². The van der Waals surface area contributed by atoms with Crippen molar-refractivity contribution in [1.29, 1.82) is 0 Å². The topological polar surface area (TPSA) is 88.0 Å². The summed E-state index contributed by atoms with van der Waals surface area (Å²) >= 11 is 11.0. The predicted octanol–water partition coefficient (Wildman–Crippen LogP) is 3.03. The highest BCUT2D eigenvalue weighted by atomic mass is 35.5. The number of aliphatic carboxylic acids is 1. The lowest BCUT2D eigenvalue weighted by atomic mass is 10.2. The molecular formula is C13H12Cl2N2O4. The first-order chi connectivity index (χ1) is 9.95. The number of carbonyl (C=O) groups excluding carboxylic acids is 1. The van der Waals surface area contributed by atoms with Gasteiger partial charge in [0.2, 0.25) is 0 Å². The first-order valence-corrected chi connectivity index (χ1v) is 6.56. The lowest BCUT2D eigenvalue weighted by Crippen LogP contribution is -2.04. The zero-order valence-corrected chi connectivity index (χ0v) is 12.5. The SMILES string of the molecule is CCOC(=O)c1ccc(NN=CC(Cl)=C(Cl)C(=O)O)cc1. The second-order valence-corrected chi connectivity index (χ2v) is 4.42. The molecule has 0 fully saturated rings.